The highest BCUT2D eigenvalue weighted by atomic mass is 35.5. The number of amides is 2. The Morgan fingerprint density at radius 3 is 2.38 bits per heavy atom. The molecule has 4 aliphatic rings. The number of rotatable bonds is 7. The fourth-order valence-electron chi connectivity index (χ4n) is 6.02. The topological polar surface area (TPSA) is 76.7 Å². The van der Waals surface area contributed by atoms with Crippen molar-refractivity contribution in [3.8, 4) is 11.5 Å². The van der Waals surface area contributed by atoms with Crippen LogP contribution in [0.15, 0.2) is 18.2 Å². The largest absolute Gasteiger partial charge is 0.493 e. The Kier molecular flexibility index (Phi) is 5.40. The van der Waals surface area contributed by atoms with Gasteiger partial charge in [-0.15, -0.1) is 11.6 Å². The van der Waals surface area contributed by atoms with Crippen LogP contribution in [0, 0.1) is 17.3 Å². The summed E-state index contributed by atoms with van der Waals surface area (Å²) in [6.45, 7) is 0.341. The monoisotopic (exact) mass is 420 g/mol. The normalized spacial score (nSPS) is 32.0. The third-order valence-corrected chi connectivity index (χ3v) is 7.26. The molecule has 7 heteroatoms. The van der Waals surface area contributed by atoms with E-state index >= 15 is 0 Å². The van der Waals surface area contributed by atoms with Crippen LogP contribution in [0.2, 0.25) is 0 Å². The van der Waals surface area contributed by atoms with E-state index in [4.69, 9.17) is 21.1 Å². The first-order valence-corrected chi connectivity index (χ1v) is 10.7. The van der Waals surface area contributed by atoms with Crippen LogP contribution in [-0.4, -0.2) is 37.5 Å². The molecule has 2 amide bonds. The smallest absolute Gasteiger partial charge is 0.239 e. The van der Waals surface area contributed by atoms with Crippen LogP contribution in [0.1, 0.15) is 44.1 Å². The summed E-state index contributed by atoms with van der Waals surface area (Å²) < 4.78 is 10.5. The van der Waals surface area contributed by atoms with E-state index < -0.39 is 0 Å². The van der Waals surface area contributed by atoms with E-state index in [1.807, 2.05) is 12.1 Å². The van der Waals surface area contributed by atoms with Gasteiger partial charge >= 0.3 is 0 Å². The van der Waals surface area contributed by atoms with Crippen molar-refractivity contribution >= 4 is 23.4 Å². The standard InChI is InChI=1S/C22H29ClN2O4/c1-28-17-4-3-14(6-18(17)29-2)11-24-19(26)12-25-20(27)21-7-15-5-16(8-21)10-22(23,9-15)13-21/h3-4,6,15-16H,5,7-13H2,1-2H3,(H,24,26)(H,25,27)/t15-,16+,21?,22?. The first-order valence-electron chi connectivity index (χ1n) is 10.3. The lowest BCUT2D eigenvalue weighted by atomic mass is 9.49. The van der Waals surface area contributed by atoms with Gasteiger partial charge in [0.1, 0.15) is 0 Å². The minimum atomic E-state index is -0.380. The third kappa shape index (κ3) is 4.04. The lowest BCUT2D eigenvalue weighted by molar-refractivity contribution is -0.145. The molecule has 2 N–H and O–H groups in total. The van der Waals surface area contributed by atoms with Crippen LogP contribution < -0.4 is 20.1 Å². The number of hydrogen-bond donors (Lipinski definition) is 2. The Morgan fingerprint density at radius 1 is 1.07 bits per heavy atom. The number of alkyl halides is 1. The molecule has 1 aromatic carbocycles. The molecule has 4 saturated carbocycles. The average molecular weight is 421 g/mol. The van der Waals surface area contributed by atoms with Gasteiger partial charge in [0, 0.05) is 11.4 Å². The number of carbonyl (C=O) groups is 2. The van der Waals surface area contributed by atoms with Gasteiger partial charge < -0.3 is 20.1 Å². The summed E-state index contributed by atoms with van der Waals surface area (Å²) in [6.07, 6.45) is 5.84. The Labute approximate surface area is 176 Å². The van der Waals surface area contributed by atoms with Gasteiger partial charge in [0.2, 0.25) is 11.8 Å². The predicted molar refractivity (Wildman–Crippen MR) is 110 cm³/mol. The lowest BCUT2D eigenvalue weighted by Gasteiger charge is -2.59. The number of carbonyl (C=O) groups excluding carboxylic acids is 2. The van der Waals surface area contributed by atoms with E-state index in [-0.39, 0.29) is 28.6 Å². The summed E-state index contributed by atoms with van der Waals surface area (Å²) in [4.78, 5) is 25.1. The molecule has 0 radical (unpaired) electrons. The van der Waals surface area contributed by atoms with Crippen LogP contribution in [0.5, 0.6) is 11.5 Å². The molecule has 4 bridgehead atoms. The van der Waals surface area contributed by atoms with E-state index in [1.54, 1.807) is 20.3 Å². The first kappa shape index (κ1) is 20.3. The van der Waals surface area contributed by atoms with Crippen molar-refractivity contribution in [3.05, 3.63) is 23.8 Å². The third-order valence-electron chi connectivity index (χ3n) is 6.82. The van der Waals surface area contributed by atoms with E-state index in [0.717, 1.165) is 37.7 Å². The van der Waals surface area contributed by atoms with Crippen molar-refractivity contribution in [2.45, 2.75) is 49.9 Å². The van der Waals surface area contributed by atoms with E-state index in [1.165, 1.54) is 6.42 Å². The molecule has 4 aliphatic carbocycles. The van der Waals surface area contributed by atoms with Gasteiger partial charge in [-0.05, 0) is 68.1 Å². The summed E-state index contributed by atoms with van der Waals surface area (Å²) in [7, 11) is 3.16. The van der Waals surface area contributed by atoms with Crippen LogP contribution in [0.3, 0.4) is 0 Å². The summed E-state index contributed by atoms with van der Waals surface area (Å²) >= 11 is 6.81. The van der Waals surface area contributed by atoms with Crippen LogP contribution >= 0.6 is 11.6 Å². The molecular formula is C22H29ClN2O4. The highest BCUT2D eigenvalue weighted by Gasteiger charge is 2.60. The maximum atomic E-state index is 13.0. The zero-order valence-corrected chi connectivity index (χ0v) is 17.8. The van der Waals surface area contributed by atoms with E-state index in [2.05, 4.69) is 10.6 Å². The number of methoxy groups -OCH3 is 2. The molecule has 6 nitrogen and oxygen atoms in total. The van der Waals surface area contributed by atoms with E-state index in [0.29, 0.717) is 29.9 Å². The van der Waals surface area contributed by atoms with Gasteiger partial charge in [0.05, 0.1) is 26.2 Å². The highest BCUT2D eigenvalue weighted by Crippen LogP contribution is 2.63. The van der Waals surface area contributed by atoms with Crippen molar-refractivity contribution in [1.29, 1.82) is 0 Å². The van der Waals surface area contributed by atoms with Gasteiger partial charge in [-0.1, -0.05) is 6.07 Å². The number of hydrogen-bond acceptors (Lipinski definition) is 4. The zero-order chi connectivity index (χ0) is 20.6. The molecule has 0 aliphatic heterocycles. The second-order valence-electron chi connectivity index (χ2n) is 9.04. The average Bonchev–Trinajstić information content (AvgIpc) is 2.68. The van der Waals surface area contributed by atoms with Crippen LogP contribution in [0.25, 0.3) is 0 Å². The molecular weight excluding hydrogens is 392 g/mol. The minimum Gasteiger partial charge on any atom is -0.493 e. The van der Waals surface area contributed by atoms with Crippen LogP contribution in [-0.2, 0) is 16.1 Å². The SMILES string of the molecule is COc1ccc(CNC(=O)CNC(=O)C23C[C@@H]4C[C@@H](CC(Cl)(C4)C2)C3)cc1OC. The fraction of sp³-hybridized carbons (Fsp3) is 0.636. The summed E-state index contributed by atoms with van der Waals surface area (Å²) in [5, 5.41) is 5.73. The molecule has 4 atom stereocenters. The zero-order valence-electron chi connectivity index (χ0n) is 17.1. The summed E-state index contributed by atoms with van der Waals surface area (Å²) in [5.41, 5.74) is 0.516. The highest BCUT2D eigenvalue weighted by molar-refractivity contribution is 6.24. The quantitative estimate of drug-likeness (QED) is 0.665. The van der Waals surface area contributed by atoms with Crippen molar-refractivity contribution in [1.82, 2.24) is 10.6 Å². The maximum Gasteiger partial charge on any atom is 0.239 e. The Bertz CT molecular complexity index is 798. The molecule has 4 fully saturated rings. The van der Waals surface area contributed by atoms with Gasteiger partial charge in [-0.25, -0.2) is 0 Å². The number of nitrogens with one attached hydrogen (secondary N) is 2. The molecule has 2 unspecified atom stereocenters. The van der Waals surface area contributed by atoms with Crippen LogP contribution in [0.4, 0.5) is 0 Å². The van der Waals surface area contributed by atoms with Crippen molar-refractivity contribution in [3.63, 3.8) is 0 Å². The molecule has 1 aromatic rings. The maximum absolute atomic E-state index is 13.0. The van der Waals surface area contributed by atoms with Gasteiger partial charge in [0.15, 0.2) is 11.5 Å². The molecule has 0 saturated heterocycles. The molecule has 0 aromatic heterocycles. The van der Waals surface area contributed by atoms with E-state index in [9.17, 15) is 9.59 Å². The second kappa shape index (κ2) is 7.71. The lowest BCUT2D eigenvalue weighted by Crippen LogP contribution is -2.59. The number of halogens is 1. The fourth-order valence-corrected chi connectivity index (χ4v) is 6.71. The Balaban J connectivity index is 1.29. The van der Waals surface area contributed by atoms with Crippen molar-refractivity contribution in [2.24, 2.45) is 17.3 Å². The Hall–Kier alpha value is -1.95. The van der Waals surface area contributed by atoms with Gasteiger partial charge in [-0.3, -0.25) is 9.59 Å². The molecule has 5 rings (SSSR count). The summed E-state index contributed by atoms with van der Waals surface area (Å²) in [6, 6.07) is 5.50. The molecule has 29 heavy (non-hydrogen) atoms. The van der Waals surface area contributed by atoms with Gasteiger partial charge in [0.25, 0.3) is 0 Å². The van der Waals surface area contributed by atoms with Gasteiger partial charge in [-0.2, -0.15) is 0 Å². The summed E-state index contributed by atoms with van der Waals surface area (Å²) in [5.74, 6) is 2.15. The van der Waals surface area contributed by atoms with Crippen molar-refractivity contribution in [2.75, 3.05) is 20.8 Å². The number of benzene rings is 1. The van der Waals surface area contributed by atoms with Crippen molar-refractivity contribution < 1.29 is 19.1 Å². The minimum absolute atomic E-state index is 0.00195. The first-order chi connectivity index (χ1) is 13.8. The number of ether oxygens (including phenoxy) is 2. The second-order valence-corrected chi connectivity index (χ2v) is 9.84. The molecule has 0 heterocycles. The Morgan fingerprint density at radius 2 is 1.76 bits per heavy atom. The predicted octanol–water partition coefficient (Wildman–Crippen LogP) is 3.01. The molecule has 0 spiro atoms. The molecule has 158 valence electrons.